The summed E-state index contributed by atoms with van der Waals surface area (Å²) in [6, 6.07) is -1.96. The molecule has 4 nitrogen and oxygen atoms in total. The average Bonchev–Trinajstić information content (AvgIpc) is 2.76. The van der Waals surface area contributed by atoms with Crippen molar-refractivity contribution in [1.29, 1.82) is 0 Å². The van der Waals surface area contributed by atoms with Crippen molar-refractivity contribution >= 4 is 11.7 Å². The summed E-state index contributed by atoms with van der Waals surface area (Å²) >= 11 is 0. The van der Waals surface area contributed by atoms with Crippen LogP contribution in [0.4, 0.5) is 13.2 Å². The predicted octanol–water partition coefficient (Wildman–Crippen LogP) is 0.765. The van der Waals surface area contributed by atoms with Gasteiger partial charge in [0.05, 0.1) is 12.1 Å². The van der Waals surface area contributed by atoms with E-state index in [2.05, 4.69) is 10.6 Å². The fraction of sp³-hybridized carbons (Fsp3) is 0.800. The summed E-state index contributed by atoms with van der Waals surface area (Å²) in [5, 5.41) is 5.00. The van der Waals surface area contributed by atoms with E-state index in [1.807, 2.05) is 0 Å². The Morgan fingerprint density at radius 3 is 2.53 bits per heavy atom. The van der Waals surface area contributed by atoms with E-state index in [0.29, 0.717) is 13.0 Å². The Labute approximate surface area is 96.9 Å². The minimum absolute atomic E-state index is 0.0726. The van der Waals surface area contributed by atoms with Crippen molar-refractivity contribution in [3.05, 3.63) is 0 Å². The average molecular weight is 252 g/mol. The fourth-order valence-corrected chi connectivity index (χ4v) is 1.73. The molecule has 0 bridgehead atoms. The molecule has 0 aromatic carbocycles. The van der Waals surface area contributed by atoms with Crippen molar-refractivity contribution in [3.8, 4) is 0 Å². The quantitative estimate of drug-likeness (QED) is 0.776. The molecule has 1 saturated heterocycles. The van der Waals surface area contributed by atoms with Crippen LogP contribution in [0.5, 0.6) is 0 Å². The largest absolute Gasteiger partial charge is 0.452 e. The molecular weight excluding hydrogens is 237 g/mol. The maximum absolute atomic E-state index is 12.2. The molecule has 1 rings (SSSR count). The number of ketones is 1. The van der Waals surface area contributed by atoms with Gasteiger partial charge in [0.1, 0.15) is 0 Å². The minimum Gasteiger partial charge on any atom is -0.345 e. The molecule has 1 amide bonds. The van der Waals surface area contributed by atoms with E-state index in [9.17, 15) is 22.8 Å². The summed E-state index contributed by atoms with van der Waals surface area (Å²) in [4.78, 5) is 22.5. The summed E-state index contributed by atoms with van der Waals surface area (Å²) in [5.41, 5.74) is 0. The number of Topliss-reactive ketones (excluding diaryl/α,β-unsaturated/α-hetero) is 1. The van der Waals surface area contributed by atoms with Crippen LogP contribution in [-0.2, 0) is 9.59 Å². The lowest BCUT2D eigenvalue weighted by atomic mass is 10.1. The first kappa shape index (κ1) is 14.0. The lowest BCUT2D eigenvalue weighted by Crippen LogP contribution is -2.51. The van der Waals surface area contributed by atoms with Gasteiger partial charge in [-0.05, 0) is 25.8 Å². The highest BCUT2D eigenvalue weighted by molar-refractivity contribution is 5.93. The van der Waals surface area contributed by atoms with E-state index in [0.717, 1.165) is 6.42 Å². The van der Waals surface area contributed by atoms with Gasteiger partial charge < -0.3 is 10.6 Å². The highest BCUT2D eigenvalue weighted by Crippen LogP contribution is 2.19. The lowest BCUT2D eigenvalue weighted by molar-refractivity contribution is -0.173. The Kier molecular flexibility index (Phi) is 4.50. The first-order chi connectivity index (χ1) is 7.86. The topological polar surface area (TPSA) is 58.2 Å². The molecule has 2 atom stereocenters. The second kappa shape index (κ2) is 5.48. The highest BCUT2D eigenvalue weighted by atomic mass is 19.4. The fourth-order valence-electron chi connectivity index (χ4n) is 1.73. The Balaban J connectivity index is 2.57. The molecule has 17 heavy (non-hydrogen) atoms. The molecule has 0 radical (unpaired) electrons. The van der Waals surface area contributed by atoms with Crippen molar-refractivity contribution in [2.24, 2.45) is 0 Å². The molecule has 0 aromatic rings. The highest BCUT2D eigenvalue weighted by Gasteiger charge is 2.43. The number of alkyl halides is 3. The van der Waals surface area contributed by atoms with Gasteiger partial charge in [0.25, 0.3) is 5.78 Å². The van der Waals surface area contributed by atoms with Gasteiger partial charge in [-0.3, -0.25) is 9.59 Å². The third-order valence-electron chi connectivity index (χ3n) is 2.70. The molecule has 1 heterocycles. The number of carbonyl (C=O) groups is 2. The van der Waals surface area contributed by atoms with Gasteiger partial charge in [-0.25, -0.2) is 0 Å². The van der Waals surface area contributed by atoms with Gasteiger partial charge in [0.2, 0.25) is 5.91 Å². The van der Waals surface area contributed by atoms with Crippen LogP contribution < -0.4 is 10.6 Å². The number of nitrogens with one attached hydrogen (secondary N) is 2. The molecule has 1 fully saturated rings. The summed E-state index contributed by atoms with van der Waals surface area (Å²) in [6.45, 7) is 2.10. The Morgan fingerprint density at radius 2 is 2.12 bits per heavy atom. The van der Waals surface area contributed by atoms with E-state index < -0.39 is 30.0 Å². The number of carbonyl (C=O) groups excluding carboxylic acids is 2. The van der Waals surface area contributed by atoms with Crippen molar-refractivity contribution in [1.82, 2.24) is 10.6 Å². The van der Waals surface area contributed by atoms with Gasteiger partial charge in [-0.15, -0.1) is 0 Å². The van der Waals surface area contributed by atoms with Crippen LogP contribution in [-0.4, -0.2) is 36.5 Å². The number of hydrogen-bond donors (Lipinski definition) is 2. The Hall–Kier alpha value is -1.11. The maximum Gasteiger partial charge on any atom is 0.452 e. The molecule has 0 aliphatic carbocycles. The third kappa shape index (κ3) is 3.69. The zero-order valence-corrected chi connectivity index (χ0v) is 9.43. The monoisotopic (exact) mass is 252 g/mol. The van der Waals surface area contributed by atoms with Crippen molar-refractivity contribution < 1.29 is 22.8 Å². The number of halogens is 3. The van der Waals surface area contributed by atoms with E-state index >= 15 is 0 Å². The van der Waals surface area contributed by atoms with Crippen LogP contribution in [0.2, 0.25) is 0 Å². The maximum atomic E-state index is 12.2. The molecule has 1 aliphatic rings. The normalized spacial score (nSPS) is 22.2. The van der Waals surface area contributed by atoms with E-state index in [1.54, 1.807) is 0 Å². The zero-order valence-electron chi connectivity index (χ0n) is 9.43. The predicted molar refractivity (Wildman–Crippen MR) is 54.3 cm³/mol. The van der Waals surface area contributed by atoms with E-state index in [-0.39, 0.29) is 6.42 Å². The second-order valence-electron chi connectivity index (χ2n) is 3.98. The third-order valence-corrected chi connectivity index (χ3v) is 2.70. The zero-order chi connectivity index (χ0) is 13.1. The molecule has 7 heteroatoms. The lowest BCUT2D eigenvalue weighted by Gasteiger charge is -2.19. The number of rotatable bonds is 4. The molecular formula is C10H15F3N2O2. The van der Waals surface area contributed by atoms with Gasteiger partial charge in [-0.1, -0.05) is 6.92 Å². The SMILES string of the molecule is CCC(NC(=O)[C@@H]1CCCN1)C(=O)C(F)(F)F. The molecule has 2 N–H and O–H groups in total. The van der Waals surface area contributed by atoms with Gasteiger partial charge in [0.15, 0.2) is 0 Å². The van der Waals surface area contributed by atoms with E-state index in [1.165, 1.54) is 6.92 Å². The van der Waals surface area contributed by atoms with Crippen LogP contribution in [0.1, 0.15) is 26.2 Å². The van der Waals surface area contributed by atoms with Gasteiger partial charge >= 0.3 is 6.18 Å². The molecule has 98 valence electrons. The summed E-state index contributed by atoms with van der Waals surface area (Å²) in [5.74, 6) is -2.43. The second-order valence-corrected chi connectivity index (χ2v) is 3.98. The number of amides is 1. The molecule has 0 aromatic heterocycles. The van der Waals surface area contributed by atoms with Crippen molar-refractivity contribution in [2.75, 3.05) is 6.54 Å². The molecule has 1 unspecified atom stereocenters. The van der Waals surface area contributed by atoms with Crippen LogP contribution in [0.3, 0.4) is 0 Å². The molecule has 0 saturated carbocycles. The molecule has 1 aliphatic heterocycles. The van der Waals surface area contributed by atoms with Gasteiger partial charge in [-0.2, -0.15) is 13.2 Å². The minimum atomic E-state index is -4.91. The van der Waals surface area contributed by atoms with Crippen molar-refractivity contribution in [2.45, 2.75) is 44.4 Å². The Bertz CT molecular complexity index is 298. The van der Waals surface area contributed by atoms with Crippen molar-refractivity contribution in [3.63, 3.8) is 0 Å². The van der Waals surface area contributed by atoms with E-state index in [4.69, 9.17) is 0 Å². The smallest absolute Gasteiger partial charge is 0.345 e. The standard InChI is InChI=1S/C10H15F3N2O2/c1-2-6(8(16)10(11,12)13)15-9(17)7-4-3-5-14-7/h6-7,14H,2-5H2,1H3,(H,15,17)/t6?,7-/m0/s1. The first-order valence-electron chi connectivity index (χ1n) is 5.51. The number of hydrogen-bond acceptors (Lipinski definition) is 3. The summed E-state index contributed by atoms with van der Waals surface area (Å²) < 4.78 is 36.6. The van der Waals surface area contributed by atoms with Crippen LogP contribution in [0, 0.1) is 0 Å². The van der Waals surface area contributed by atoms with Crippen LogP contribution in [0.15, 0.2) is 0 Å². The van der Waals surface area contributed by atoms with Gasteiger partial charge in [0, 0.05) is 0 Å². The van der Waals surface area contributed by atoms with Crippen LogP contribution in [0.25, 0.3) is 0 Å². The summed E-state index contributed by atoms with van der Waals surface area (Å²) in [6.07, 6.45) is -3.58. The Morgan fingerprint density at radius 1 is 1.47 bits per heavy atom. The van der Waals surface area contributed by atoms with Crippen LogP contribution >= 0.6 is 0 Å². The molecule has 0 spiro atoms. The summed E-state index contributed by atoms with van der Waals surface area (Å²) in [7, 11) is 0. The first-order valence-corrected chi connectivity index (χ1v) is 5.51.